The number of aryl methyl sites for hydroxylation is 1. The van der Waals surface area contributed by atoms with Crippen LogP contribution < -0.4 is 10.5 Å². The SMILES string of the molecule is Cc1cc(S(N)(=O)=O)ccc1NC(=O)C1CC2CC2C1. The third-order valence-corrected chi connectivity index (χ3v) is 5.31. The van der Waals surface area contributed by atoms with Gasteiger partial charge in [-0.1, -0.05) is 0 Å². The van der Waals surface area contributed by atoms with Crippen LogP contribution in [0.1, 0.15) is 24.8 Å². The Hall–Kier alpha value is -1.40. The number of benzene rings is 1. The highest BCUT2D eigenvalue weighted by Gasteiger charge is 2.47. The molecule has 1 aromatic carbocycles. The van der Waals surface area contributed by atoms with Gasteiger partial charge in [0.1, 0.15) is 0 Å². The zero-order chi connectivity index (χ0) is 14.5. The van der Waals surface area contributed by atoms with Crippen molar-refractivity contribution in [2.45, 2.75) is 31.1 Å². The Morgan fingerprint density at radius 3 is 2.45 bits per heavy atom. The van der Waals surface area contributed by atoms with Crippen LogP contribution in [-0.2, 0) is 14.8 Å². The maximum Gasteiger partial charge on any atom is 0.238 e. The summed E-state index contributed by atoms with van der Waals surface area (Å²) in [5, 5.41) is 7.98. The molecule has 1 amide bonds. The van der Waals surface area contributed by atoms with Crippen molar-refractivity contribution in [1.29, 1.82) is 0 Å². The van der Waals surface area contributed by atoms with E-state index in [1.54, 1.807) is 13.0 Å². The van der Waals surface area contributed by atoms with Crippen molar-refractivity contribution >= 4 is 21.6 Å². The van der Waals surface area contributed by atoms with E-state index in [1.165, 1.54) is 18.6 Å². The average Bonchev–Trinajstić information content (AvgIpc) is 2.97. The first kappa shape index (κ1) is 13.6. The van der Waals surface area contributed by atoms with Crippen LogP contribution in [0.2, 0.25) is 0 Å². The van der Waals surface area contributed by atoms with E-state index in [1.807, 2.05) is 0 Å². The number of sulfonamides is 1. The van der Waals surface area contributed by atoms with Crippen molar-refractivity contribution in [3.8, 4) is 0 Å². The molecular formula is C14H18N2O3S. The van der Waals surface area contributed by atoms with E-state index in [2.05, 4.69) is 5.32 Å². The predicted octanol–water partition coefficient (Wildman–Crippen LogP) is 1.63. The molecule has 0 spiro atoms. The summed E-state index contributed by atoms with van der Waals surface area (Å²) in [6.45, 7) is 1.76. The van der Waals surface area contributed by atoms with Gasteiger partial charge in [-0.05, 0) is 61.8 Å². The fourth-order valence-corrected chi connectivity index (χ4v) is 3.72. The summed E-state index contributed by atoms with van der Waals surface area (Å²) in [6.07, 6.45) is 3.27. The highest BCUT2D eigenvalue weighted by molar-refractivity contribution is 7.89. The lowest BCUT2D eigenvalue weighted by molar-refractivity contribution is -0.120. The van der Waals surface area contributed by atoms with Crippen molar-refractivity contribution in [2.75, 3.05) is 5.32 Å². The van der Waals surface area contributed by atoms with Crippen LogP contribution in [0.5, 0.6) is 0 Å². The first-order valence-corrected chi connectivity index (χ1v) is 8.33. The lowest BCUT2D eigenvalue weighted by atomic mass is 10.0. The van der Waals surface area contributed by atoms with Crippen LogP contribution in [0.3, 0.4) is 0 Å². The number of nitrogens with one attached hydrogen (secondary N) is 1. The molecule has 0 aromatic heterocycles. The minimum absolute atomic E-state index is 0.0451. The Balaban J connectivity index is 1.72. The second-order valence-corrected chi connectivity index (χ2v) is 7.50. The third kappa shape index (κ3) is 2.58. The molecular weight excluding hydrogens is 276 g/mol. The van der Waals surface area contributed by atoms with Gasteiger partial charge in [0.25, 0.3) is 0 Å². The van der Waals surface area contributed by atoms with E-state index < -0.39 is 10.0 Å². The fraction of sp³-hybridized carbons (Fsp3) is 0.500. The van der Waals surface area contributed by atoms with Gasteiger partial charge < -0.3 is 5.32 Å². The summed E-state index contributed by atoms with van der Waals surface area (Å²) < 4.78 is 22.5. The van der Waals surface area contributed by atoms with Crippen molar-refractivity contribution in [2.24, 2.45) is 22.9 Å². The Morgan fingerprint density at radius 2 is 1.90 bits per heavy atom. The monoisotopic (exact) mass is 294 g/mol. The molecule has 5 nitrogen and oxygen atoms in total. The Labute approximate surface area is 118 Å². The van der Waals surface area contributed by atoms with Gasteiger partial charge in [-0.15, -0.1) is 0 Å². The van der Waals surface area contributed by atoms with E-state index in [-0.39, 0.29) is 16.7 Å². The standard InChI is InChI=1S/C14H18N2O3S/c1-8-4-12(20(15,18)19)2-3-13(8)16-14(17)11-6-9-5-10(9)7-11/h2-4,9-11H,5-7H2,1H3,(H,16,17)(H2,15,18,19). The Bertz CT molecular complexity index is 659. The summed E-state index contributed by atoms with van der Waals surface area (Å²) in [7, 11) is -3.70. The van der Waals surface area contributed by atoms with Crippen LogP contribution in [-0.4, -0.2) is 14.3 Å². The van der Waals surface area contributed by atoms with Crippen molar-refractivity contribution in [3.63, 3.8) is 0 Å². The molecule has 0 saturated heterocycles. The van der Waals surface area contributed by atoms with E-state index >= 15 is 0 Å². The highest BCUT2D eigenvalue weighted by Crippen LogP contribution is 2.54. The van der Waals surface area contributed by atoms with E-state index in [0.717, 1.165) is 24.7 Å². The number of carbonyl (C=O) groups excluding carboxylic acids is 1. The van der Waals surface area contributed by atoms with Gasteiger partial charge in [0.15, 0.2) is 0 Å². The van der Waals surface area contributed by atoms with Gasteiger partial charge >= 0.3 is 0 Å². The first-order chi connectivity index (χ1) is 9.34. The second kappa shape index (κ2) is 4.56. The number of nitrogens with two attached hydrogens (primary N) is 1. The van der Waals surface area contributed by atoms with Crippen molar-refractivity contribution < 1.29 is 13.2 Å². The third-order valence-electron chi connectivity index (χ3n) is 4.40. The first-order valence-electron chi connectivity index (χ1n) is 6.79. The van der Waals surface area contributed by atoms with Crippen molar-refractivity contribution in [1.82, 2.24) is 0 Å². The maximum atomic E-state index is 12.2. The van der Waals surface area contributed by atoms with Crippen LogP contribution in [0.25, 0.3) is 0 Å². The number of hydrogen-bond acceptors (Lipinski definition) is 3. The lowest BCUT2D eigenvalue weighted by Gasteiger charge is -2.14. The summed E-state index contributed by atoms with van der Waals surface area (Å²) in [4.78, 5) is 12.2. The number of carbonyl (C=O) groups is 1. The Kier molecular flexibility index (Phi) is 3.10. The molecule has 2 aliphatic carbocycles. The van der Waals surface area contributed by atoms with Crippen molar-refractivity contribution in [3.05, 3.63) is 23.8 Å². The Morgan fingerprint density at radius 1 is 1.25 bits per heavy atom. The molecule has 3 N–H and O–H groups in total. The van der Waals surface area contributed by atoms with E-state index in [9.17, 15) is 13.2 Å². The molecule has 1 aromatic rings. The van der Waals surface area contributed by atoms with Gasteiger partial charge in [-0.3, -0.25) is 4.79 Å². The predicted molar refractivity (Wildman–Crippen MR) is 75.5 cm³/mol. The van der Waals surface area contributed by atoms with E-state index in [0.29, 0.717) is 11.3 Å². The normalized spacial score (nSPS) is 28.0. The molecule has 2 atom stereocenters. The van der Waals surface area contributed by atoms with Crippen LogP contribution in [0.15, 0.2) is 23.1 Å². The van der Waals surface area contributed by atoms with Gasteiger partial charge in [-0.2, -0.15) is 0 Å². The molecule has 6 heteroatoms. The number of amides is 1. The molecule has 2 unspecified atom stereocenters. The number of anilines is 1. The zero-order valence-corrected chi connectivity index (χ0v) is 12.1. The molecule has 2 fully saturated rings. The quantitative estimate of drug-likeness (QED) is 0.887. The second-order valence-electron chi connectivity index (χ2n) is 5.94. The minimum atomic E-state index is -3.70. The molecule has 0 heterocycles. The average molecular weight is 294 g/mol. The van der Waals surface area contributed by atoms with Gasteiger partial charge in [0.05, 0.1) is 4.90 Å². The van der Waals surface area contributed by atoms with Crippen LogP contribution >= 0.6 is 0 Å². The fourth-order valence-electron chi connectivity index (χ4n) is 3.12. The molecule has 3 rings (SSSR count). The molecule has 108 valence electrons. The molecule has 0 aliphatic heterocycles. The number of hydrogen-bond donors (Lipinski definition) is 2. The number of fused-ring (bicyclic) bond motifs is 1. The summed E-state index contributed by atoms with van der Waals surface area (Å²) >= 11 is 0. The van der Waals surface area contributed by atoms with Crippen LogP contribution in [0, 0.1) is 24.7 Å². The van der Waals surface area contributed by atoms with Gasteiger partial charge in [0, 0.05) is 11.6 Å². The van der Waals surface area contributed by atoms with Crippen LogP contribution in [0.4, 0.5) is 5.69 Å². The molecule has 0 bridgehead atoms. The number of primary sulfonamides is 1. The lowest BCUT2D eigenvalue weighted by Crippen LogP contribution is -2.22. The summed E-state index contributed by atoms with van der Waals surface area (Å²) in [5.41, 5.74) is 1.36. The zero-order valence-electron chi connectivity index (χ0n) is 11.3. The maximum absolute atomic E-state index is 12.2. The largest absolute Gasteiger partial charge is 0.326 e. The summed E-state index contributed by atoms with van der Waals surface area (Å²) in [5.74, 6) is 1.67. The molecule has 0 radical (unpaired) electrons. The highest BCUT2D eigenvalue weighted by atomic mass is 32.2. The topological polar surface area (TPSA) is 89.3 Å². The minimum Gasteiger partial charge on any atom is -0.326 e. The molecule has 2 saturated carbocycles. The van der Waals surface area contributed by atoms with Gasteiger partial charge in [-0.25, -0.2) is 13.6 Å². The van der Waals surface area contributed by atoms with Gasteiger partial charge in [0.2, 0.25) is 15.9 Å². The summed E-state index contributed by atoms with van der Waals surface area (Å²) in [6, 6.07) is 4.50. The van der Waals surface area contributed by atoms with E-state index in [4.69, 9.17) is 5.14 Å². The molecule has 20 heavy (non-hydrogen) atoms. The number of rotatable bonds is 3. The smallest absolute Gasteiger partial charge is 0.238 e. The molecule has 2 aliphatic rings.